The fourth-order valence-corrected chi connectivity index (χ4v) is 4.72. The van der Waals surface area contributed by atoms with E-state index in [1.807, 2.05) is 24.3 Å². The Hall–Kier alpha value is -1.36. The van der Waals surface area contributed by atoms with E-state index in [0.717, 1.165) is 28.7 Å². The molecule has 2 fully saturated rings. The summed E-state index contributed by atoms with van der Waals surface area (Å²) in [4.78, 5) is 13.1. The third kappa shape index (κ3) is 1.75. The van der Waals surface area contributed by atoms with Crippen molar-refractivity contribution in [2.45, 2.75) is 40.0 Å². The van der Waals surface area contributed by atoms with Crippen molar-refractivity contribution in [1.82, 2.24) is 0 Å². The highest BCUT2D eigenvalue weighted by molar-refractivity contribution is 9.10. The lowest BCUT2D eigenvalue weighted by Crippen LogP contribution is -2.43. The molecule has 4 nitrogen and oxygen atoms in total. The summed E-state index contributed by atoms with van der Waals surface area (Å²) in [5, 5.41) is 15.9. The lowest BCUT2D eigenvalue weighted by Gasteiger charge is -2.39. The van der Waals surface area contributed by atoms with Gasteiger partial charge < -0.3 is 10.5 Å². The lowest BCUT2D eigenvalue weighted by molar-refractivity contribution is -0.130. The SMILES string of the molecule is CC1(C)[C@]2(C(=O)Nc3ccccc3Br)CC[C@@]1(C)/C(=N\O)C2. The van der Waals surface area contributed by atoms with E-state index in [-0.39, 0.29) is 16.7 Å². The van der Waals surface area contributed by atoms with Crippen LogP contribution in [-0.4, -0.2) is 16.8 Å². The minimum Gasteiger partial charge on any atom is -0.411 e. The zero-order valence-electron chi connectivity index (χ0n) is 13.1. The van der Waals surface area contributed by atoms with Crippen molar-refractivity contribution >= 4 is 33.2 Å². The van der Waals surface area contributed by atoms with E-state index in [4.69, 9.17) is 0 Å². The fourth-order valence-electron chi connectivity index (χ4n) is 4.34. The number of carbonyl (C=O) groups is 1. The van der Waals surface area contributed by atoms with Gasteiger partial charge in [0, 0.05) is 16.3 Å². The molecule has 3 rings (SSSR count). The lowest BCUT2D eigenvalue weighted by atomic mass is 9.64. The number of amides is 1. The molecule has 0 heterocycles. The molecule has 2 saturated carbocycles. The van der Waals surface area contributed by atoms with Crippen LogP contribution in [0.5, 0.6) is 0 Å². The number of halogens is 1. The topological polar surface area (TPSA) is 61.7 Å². The van der Waals surface area contributed by atoms with Crippen LogP contribution in [0.4, 0.5) is 5.69 Å². The number of nitrogens with one attached hydrogen (secondary N) is 1. The molecule has 0 aromatic heterocycles. The van der Waals surface area contributed by atoms with E-state index in [1.165, 1.54) is 0 Å². The average molecular weight is 365 g/mol. The van der Waals surface area contributed by atoms with Gasteiger partial charge in [-0.05, 0) is 46.3 Å². The van der Waals surface area contributed by atoms with Crippen LogP contribution < -0.4 is 5.32 Å². The number of nitrogens with zero attached hydrogens (tertiary/aromatic N) is 1. The molecule has 5 heteroatoms. The summed E-state index contributed by atoms with van der Waals surface area (Å²) in [6.07, 6.45) is 2.23. The van der Waals surface area contributed by atoms with Crippen molar-refractivity contribution in [3.63, 3.8) is 0 Å². The minimum absolute atomic E-state index is 0.0202. The van der Waals surface area contributed by atoms with Gasteiger partial charge in [-0.25, -0.2) is 0 Å². The number of fused-ring (bicyclic) bond motifs is 2. The van der Waals surface area contributed by atoms with E-state index >= 15 is 0 Å². The third-order valence-corrected chi connectivity index (χ3v) is 7.10. The summed E-state index contributed by atoms with van der Waals surface area (Å²) in [7, 11) is 0. The first-order valence-corrected chi connectivity index (χ1v) is 8.35. The highest BCUT2D eigenvalue weighted by Crippen LogP contribution is 2.71. The molecule has 2 aliphatic rings. The van der Waals surface area contributed by atoms with Crippen LogP contribution in [0.3, 0.4) is 0 Å². The Labute approximate surface area is 139 Å². The van der Waals surface area contributed by atoms with Crippen LogP contribution in [0.15, 0.2) is 33.9 Å². The number of hydrogen-bond donors (Lipinski definition) is 2. The Morgan fingerprint density at radius 1 is 1.27 bits per heavy atom. The summed E-state index contributed by atoms with van der Waals surface area (Å²) in [6, 6.07) is 7.61. The molecule has 1 amide bonds. The molecule has 22 heavy (non-hydrogen) atoms. The van der Waals surface area contributed by atoms with E-state index in [9.17, 15) is 10.0 Å². The van der Waals surface area contributed by atoms with Crippen LogP contribution >= 0.6 is 15.9 Å². The smallest absolute Gasteiger partial charge is 0.231 e. The first-order valence-electron chi connectivity index (χ1n) is 7.56. The zero-order valence-corrected chi connectivity index (χ0v) is 14.7. The van der Waals surface area contributed by atoms with Crippen LogP contribution in [0.25, 0.3) is 0 Å². The van der Waals surface area contributed by atoms with E-state index in [0.29, 0.717) is 6.42 Å². The summed E-state index contributed by atoms with van der Waals surface area (Å²) >= 11 is 3.47. The Bertz CT molecular complexity index is 670. The zero-order chi connectivity index (χ0) is 16.2. The number of benzene rings is 1. The molecular formula is C17H21BrN2O2. The maximum atomic E-state index is 13.1. The van der Waals surface area contributed by atoms with E-state index < -0.39 is 5.41 Å². The van der Waals surface area contributed by atoms with Crippen LogP contribution in [0.1, 0.15) is 40.0 Å². The normalized spacial score (nSPS) is 34.1. The molecule has 2 atom stereocenters. The van der Waals surface area contributed by atoms with Crippen molar-refractivity contribution in [1.29, 1.82) is 0 Å². The van der Waals surface area contributed by atoms with Gasteiger partial charge >= 0.3 is 0 Å². The molecule has 0 spiro atoms. The van der Waals surface area contributed by atoms with Crippen LogP contribution in [-0.2, 0) is 4.79 Å². The highest BCUT2D eigenvalue weighted by Gasteiger charge is 2.71. The van der Waals surface area contributed by atoms with E-state index in [2.05, 4.69) is 47.2 Å². The Morgan fingerprint density at radius 2 is 1.95 bits per heavy atom. The first-order chi connectivity index (χ1) is 10.3. The third-order valence-electron chi connectivity index (χ3n) is 6.41. The van der Waals surface area contributed by atoms with Crippen molar-refractivity contribution in [2.24, 2.45) is 21.4 Å². The number of anilines is 1. The van der Waals surface area contributed by atoms with Crippen molar-refractivity contribution in [2.75, 3.05) is 5.32 Å². The molecule has 1 aromatic carbocycles. The average Bonchev–Trinajstić information content (AvgIpc) is 2.79. The summed E-state index contributed by atoms with van der Waals surface area (Å²) in [6.45, 7) is 6.36. The minimum atomic E-state index is -0.515. The second kappa shape index (κ2) is 4.82. The summed E-state index contributed by atoms with van der Waals surface area (Å²) in [5.74, 6) is 0.0202. The van der Waals surface area contributed by atoms with Crippen molar-refractivity contribution < 1.29 is 10.0 Å². The second-order valence-corrected chi connectivity index (χ2v) is 8.05. The first kappa shape index (κ1) is 15.5. The van der Waals surface area contributed by atoms with E-state index in [1.54, 1.807) is 0 Å². The Morgan fingerprint density at radius 3 is 2.55 bits per heavy atom. The van der Waals surface area contributed by atoms with Crippen LogP contribution in [0, 0.1) is 16.2 Å². The van der Waals surface area contributed by atoms with Gasteiger partial charge in [-0.1, -0.05) is 38.1 Å². The van der Waals surface area contributed by atoms with Gasteiger partial charge in [-0.2, -0.15) is 0 Å². The van der Waals surface area contributed by atoms with Gasteiger partial charge in [-0.3, -0.25) is 4.79 Å². The quantitative estimate of drug-likeness (QED) is 0.602. The number of rotatable bonds is 2. The molecule has 1 aromatic rings. The fraction of sp³-hybridized carbons (Fsp3) is 0.529. The molecule has 2 bridgehead atoms. The maximum absolute atomic E-state index is 13.1. The summed E-state index contributed by atoms with van der Waals surface area (Å²) in [5.41, 5.74) is 0.560. The van der Waals surface area contributed by atoms with Gasteiger partial charge in [0.25, 0.3) is 0 Å². The number of carbonyl (C=O) groups excluding carboxylic acids is 1. The van der Waals surface area contributed by atoms with Gasteiger partial charge in [0.15, 0.2) is 0 Å². The number of para-hydroxylation sites is 1. The monoisotopic (exact) mass is 364 g/mol. The largest absolute Gasteiger partial charge is 0.411 e. The van der Waals surface area contributed by atoms with Crippen LogP contribution in [0.2, 0.25) is 0 Å². The molecule has 2 N–H and O–H groups in total. The van der Waals surface area contributed by atoms with Gasteiger partial charge in [0.2, 0.25) is 5.91 Å². The molecule has 118 valence electrons. The maximum Gasteiger partial charge on any atom is 0.231 e. The molecule has 2 aliphatic carbocycles. The van der Waals surface area contributed by atoms with Crippen molar-refractivity contribution in [3.8, 4) is 0 Å². The Balaban J connectivity index is 1.98. The number of oxime groups is 1. The van der Waals surface area contributed by atoms with Gasteiger partial charge in [0.05, 0.1) is 16.8 Å². The molecule has 0 unspecified atom stereocenters. The number of hydrogen-bond acceptors (Lipinski definition) is 3. The predicted molar refractivity (Wildman–Crippen MR) is 90.2 cm³/mol. The van der Waals surface area contributed by atoms with Crippen molar-refractivity contribution in [3.05, 3.63) is 28.7 Å². The molecule has 0 saturated heterocycles. The van der Waals surface area contributed by atoms with Gasteiger partial charge in [0.1, 0.15) is 0 Å². The Kier molecular flexibility index (Phi) is 3.40. The van der Waals surface area contributed by atoms with Gasteiger partial charge in [-0.15, -0.1) is 0 Å². The molecule has 0 aliphatic heterocycles. The predicted octanol–water partition coefficient (Wildman–Crippen LogP) is 4.43. The standard InChI is InChI=1S/C17H21BrN2O2/c1-15(2)16(3)8-9-17(15,10-13(16)20-22)14(21)19-12-7-5-4-6-11(12)18/h4-7,22H,8-10H2,1-3H3,(H,19,21)/b20-13-/t16-,17+/m0/s1. The highest BCUT2D eigenvalue weighted by atomic mass is 79.9. The molecular weight excluding hydrogens is 344 g/mol. The second-order valence-electron chi connectivity index (χ2n) is 7.20. The summed E-state index contributed by atoms with van der Waals surface area (Å²) < 4.78 is 0.868. The molecule has 0 radical (unpaired) electrons.